The molecular formula is C16H31NO2. The van der Waals surface area contributed by atoms with Gasteiger partial charge in [0, 0.05) is 6.04 Å². The molecule has 0 bridgehead atoms. The van der Waals surface area contributed by atoms with Crippen molar-refractivity contribution in [1.82, 2.24) is 5.32 Å². The quantitative estimate of drug-likeness (QED) is 0.815. The second-order valence-corrected chi connectivity index (χ2v) is 7.24. The van der Waals surface area contributed by atoms with E-state index in [9.17, 15) is 4.79 Å². The third-order valence-corrected chi connectivity index (χ3v) is 3.82. The summed E-state index contributed by atoms with van der Waals surface area (Å²) in [7, 11) is 0. The Morgan fingerprint density at radius 3 is 2.26 bits per heavy atom. The van der Waals surface area contributed by atoms with Gasteiger partial charge in [-0.1, -0.05) is 46.0 Å². The Kier molecular flexibility index (Phi) is 6.15. The van der Waals surface area contributed by atoms with Crippen molar-refractivity contribution in [2.24, 2.45) is 11.8 Å². The first kappa shape index (κ1) is 16.3. The number of ether oxygens (including phenoxy) is 1. The van der Waals surface area contributed by atoms with Crippen molar-refractivity contribution in [3.63, 3.8) is 0 Å². The van der Waals surface area contributed by atoms with E-state index in [1.807, 2.05) is 20.8 Å². The molecule has 1 atom stereocenters. The highest BCUT2D eigenvalue weighted by Crippen LogP contribution is 2.28. The molecule has 1 rings (SSSR count). The fourth-order valence-corrected chi connectivity index (χ4v) is 2.74. The van der Waals surface area contributed by atoms with Gasteiger partial charge >= 0.3 is 6.09 Å². The number of rotatable bonds is 4. The van der Waals surface area contributed by atoms with Gasteiger partial charge in [0.2, 0.25) is 0 Å². The van der Waals surface area contributed by atoms with E-state index in [-0.39, 0.29) is 12.1 Å². The van der Waals surface area contributed by atoms with Gasteiger partial charge in [-0.25, -0.2) is 4.79 Å². The van der Waals surface area contributed by atoms with Gasteiger partial charge in [-0.2, -0.15) is 0 Å². The van der Waals surface area contributed by atoms with E-state index >= 15 is 0 Å². The zero-order valence-electron chi connectivity index (χ0n) is 13.3. The summed E-state index contributed by atoms with van der Waals surface area (Å²) in [6.45, 7) is 10.0. The van der Waals surface area contributed by atoms with Crippen LogP contribution in [-0.4, -0.2) is 17.7 Å². The largest absolute Gasteiger partial charge is 0.444 e. The first-order valence-electron chi connectivity index (χ1n) is 7.77. The summed E-state index contributed by atoms with van der Waals surface area (Å²) in [5.74, 6) is 1.23. The Balaban J connectivity index is 2.45. The van der Waals surface area contributed by atoms with Crippen LogP contribution in [0.1, 0.15) is 73.1 Å². The van der Waals surface area contributed by atoms with E-state index < -0.39 is 5.60 Å². The van der Waals surface area contributed by atoms with Crippen molar-refractivity contribution in [2.45, 2.75) is 84.8 Å². The van der Waals surface area contributed by atoms with Crippen LogP contribution in [0.15, 0.2) is 0 Å². The smallest absolute Gasteiger partial charge is 0.407 e. The minimum Gasteiger partial charge on any atom is -0.444 e. The molecule has 112 valence electrons. The Morgan fingerprint density at radius 2 is 1.79 bits per heavy atom. The molecule has 0 aromatic carbocycles. The van der Waals surface area contributed by atoms with Gasteiger partial charge in [-0.15, -0.1) is 0 Å². The molecule has 0 heterocycles. The molecule has 0 spiro atoms. The van der Waals surface area contributed by atoms with Crippen molar-refractivity contribution in [3.05, 3.63) is 0 Å². The summed E-state index contributed by atoms with van der Waals surface area (Å²) in [4.78, 5) is 11.9. The monoisotopic (exact) mass is 269 g/mol. The molecule has 19 heavy (non-hydrogen) atoms. The summed E-state index contributed by atoms with van der Waals surface area (Å²) >= 11 is 0. The average Bonchev–Trinajstić information content (AvgIpc) is 2.26. The van der Waals surface area contributed by atoms with Crippen LogP contribution in [0.3, 0.4) is 0 Å². The molecule has 1 aliphatic rings. The highest BCUT2D eigenvalue weighted by Gasteiger charge is 2.24. The summed E-state index contributed by atoms with van der Waals surface area (Å²) in [6, 6.07) is 0.234. The SMILES string of the molecule is CC(C)[C@H](CC1CCCCC1)NC(=O)OC(C)(C)C. The Morgan fingerprint density at radius 1 is 1.21 bits per heavy atom. The number of hydrogen-bond donors (Lipinski definition) is 1. The van der Waals surface area contributed by atoms with E-state index in [1.165, 1.54) is 32.1 Å². The molecule has 0 aromatic heterocycles. The Bertz CT molecular complexity index is 275. The lowest BCUT2D eigenvalue weighted by molar-refractivity contribution is 0.0478. The highest BCUT2D eigenvalue weighted by molar-refractivity contribution is 5.68. The van der Waals surface area contributed by atoms with E-state index in [1.54, 1.807) is 0 Å². The second kappa shape index (κ2) is 7.16. The number of hydrogen-bond acceptors (Lipinski definition) is 2. The van der Waals surface area contributed by atoms with Crippen LogP contribution in [0.25, 0.3) is 0 Å². The number of alkyl carbamates (subject to hydrolysis) is 1. The molecule has 0 saturated heterocycles. The fraction of sp³-hybridized carbons (Fsp3) is 0.938. The minimum absolute atomic E-state index is 0.234. The molecule has 1 aliphatic carbocycles. The summed E-state index contributed by atoms with van der Waals surface area (Å²) in [5, 5.41) is 3.06. The van der Waals surface area contributed by atoms with E-state index in [0.29, 0.717) is 5.92 Å². The summed E-state index contributed by atoms with van der Waals surface area (Å²) < 4.78 is 5.36. The van der Waals surface area contributed by atoms with Crippen molar-refractivity contribution < 1.29 is 9.53 Å². The maximum atomic E-state index is 11.9. The van der Waals surface area contributed by atoms with Crippen molar-refractivity contribution >= 4 is 6.09 Å². The summed E-state index contributed by atoms with van der Waals surface area (Å²) in [5.41, 5.74) is -0.420. The standard InChI is InChI=1S/C16H31NO2/c1-12(2)14(11-13-9-7-6-8-10-13)17-15(18)19-16(3,4)5/h12-14H,6-11H2,1-5H3,(H,17,18)/t14-/m0/s1. The molecule has 1 saturated carbocycles. The van der Waals surface area contributed by atoms with Crippen LogP contribution in [0.5, 0.6) is 0 Å². The molecule has 0 unspecified atom stereocenters. The van der Waals surface area contributed by atoms with Crippen LogP contribution >= 0.6 is 0 Å². The van der Waals surface area contributed by atoms with Gasteiger partial charge in [0.25, 0.3) is 0 Å². The summed E-state index contributed by atoms with van der Waals surface area (Å²) in [6.07, 6.45) is 7.53. The number of carbonyl (C=O) groups excluding carboxylic acids is 1. The van der Waals surface area contributed by atoms with Crippen molar-refractivity contribution in [1.29, 1.82) is 0 Å². The molecule has 1 fully saturated rings. The normalized spacial score (nSPS) is 19.3. The number of nitrogens with one attached hydrogen (secondary N) is 1. The van der Waals surface area contributed by atoms with Gasteiger partial charge in [0.15, 0.2) is 0 Å². The van der Waals surface area contributed by atoms with Crippen LogP contribution in [0.2, 0.25) is 0 Å². The topological polar surface area (TPSA) is 38.3 Å². The zero-order chi connectivity index (χ0) is 14.5. The molecule has 0 aromatic rings. The average molecular weight is 269 g/mol. The van der Waals surface area contributed by atoms with E-state index in [0.717, 1.165) is 12.3 Å². The maximum Gasteiger partial charge on any atom is 0.407 e. The molecule has 1 amide bonds. The second-order valence-electron chi connectivity index (χ2n) is 7.24. The molecule has 3 heteroatoms. The molecule has 1 N–H and O–H groups in total. The van der Waals surface area contributed by atoms with Gasteiger partial charge in [0.1, 0.15) is 5.60 Å². The lowest BCUT2D eigenvalue weighted by atomic mass is 9.82. The van der Waals surface area contributed by atoms with Crippen LogP contribution in [0.4, 0.5) is 4.79 Å². The lowest BCUT2D eigenvalue weighted by Crippen LogP contribution is -2.42. The fourth-order valence-electron chi connectivity index (χ4n) is 2.74. The number of amides is 1. The third-order valence-electron chi connectivity index (χ3n) is 3.82. The first-order valence-corrected chi connectivity index (χ1v) is 7.77. The van der Waals surface area contributed by atoms with E-state index in [2.05, 4.69) is 19.2 Å². The first-order chi connectivity index (χ1) is 8.78. The molecule has 3 nitrogen and oxygen atoms in total. The zero-order valence-corrected chi connectivity index (χ0v) is 13.3. The molecule has 0 radical (unpaired) electrons. The van der Waals surface area contributed by atoms with Gasteiger partial charge in [-0.05, 0) is 39.0 Å². The van der Waals surface area contributed by atoms with Gasteiger partial charge < -0.3 is 10.1 Å². The van der Waals surface area contributed by atoms with Crippen LogP contribution in [-0.2, 0) is 4.74 Å². The molecule has 0 aliphatic heterocycles. The predicted octanol–water partition coefficient (Wildman–Crippen LogP) is 4.51. The lowest BCUT2D eigenvalue weighted by Gasteiger charge is -2.30. The Hall–Kier alpha value is -0.730. The van der Waals surface area contributed by atoms with Crippen molar-refractivity contribution in [2.75, 3.05) is 0 Å². The third kappa shape index (κ3) is 6.84. The maximum absolute atomic E-state index is 11.9. The highest BCUT2D eigenvalue weighted by atomic mass is 16.6. The van der Waals surface area contributed by atoms with Crippen molar-refractivity contribution in [3.8, 4) is 0 Å². The Labute approximate surface area is 118 Å². The van der Waals surface area contributed by atoms with Gasteiger partial charge in [-0.3, -0.25) is 0 Å². The minimum atomic E-state index is -0.420. The van der Waals surface area contributed by atoms with E-state index in [4.69, 9.17) is 4.74 Å². The van der Waals surface area contributed by atoms with Crippen LogP contribution < -0.4 is 5.32 Å². The predicted molar refractivity (Wildman–Crippen MR) is 79.2 cm³/mol. The molecular weight excluding hydrogens is 238 g/mol. The van der Waals surface area contributed by atoms with Gasteiger partial charge in [0.05, 0.1) is 0 Å². The number of carbonyl (C=O) groups is 1. The van der Waals surface area contributed by atoms with Crippen LogP contribution in [0, 0.1) is 11.8 Å².